The molecule has 0 aliphatic heterocycles. The first-order valence-electron chi connectivity index (χ1n) is 6.83. The van der Waals surface area contributed by atoms with E-state index >= 15 is 0 Å². The van der Waals surface area contributed by atoms with Crippen molar-refractivity contribution in [1.82, 2.24) is 14.9 Å². The second-order valence-corrected chi connectivity index (χ2v) is 5.34. The Labute approximate surface area is 118 Å². The Bertz CT molecular complexity index is 614. The quantitative estimate of drug-likeness (QED) is 0.784. The Hall–Kier alpha value is -2.01. The molecule has 1 heterocycles. The fraction of sp³-hybridized carbons (Fsp3) is 0.400. The number of H-pyrrole nitrogens is 1. The lowest BCUT2D eigenvalue weighted by Gasteiger charge is -2.16. The Balaban J connectivity index is 2.32. The molecule has 0 saturated heterocycles. The minimum absolute atomic E-state index is 0.0371. The van der Waals surface area contributed by atoms with E-state index in [0.29, 0.717) is 11.6 Å². The molecule has 108 valence electrons. The van der Waals surface area contributed by atoms with E-state index in [2.05, 4.69) is 24.1 Å². The summed E-state index contributed by atoms with van der Waals surface area (Å²) in [7, 11) is 0. The van der Waals surface area contributed by atoms with Gasteiger partial charge in [-0.15, -0.1) is 0 Å². The number of hydrogen-bond acceptors (Lipinski definition) is 3. The van der Waals surface area contributed by atoms with Crippen molar-refractivity contribution < 1.29 is 5.11 Å². The van der Waals surface area contributed by atoms with E-state index in [0.717, 1.165) is 12.1 Å². The minimum Gasteiger partial charge on any atom is -0.493 e. The first-order chi connectivity index (χ1) is 9.50. The van der Waals surface area contributed by atoms with Gasteiger partial charge in [0.15, 0.2) is 0 Å². The predicted octanol–water partition coefficient (Wildman–Crippen LogP) is 2.31. The molecule has 0 saturated carbocycles. The van der Waals surface area contributed by atoms with Gasteiger partial charge in [-0.05, 0) is 19.4 Å². The van der Waals surface area contributed by atoms with Crippen LogP contribution < -0.4 is 11.0 Å². The van der Waals surface area contributed by atoms with Gasteiger partial charge in [0.2, 0.25) is 5.88 Å². The van der Waals surface area contributed by atoms with Crippen LogP contribution in [0.25, 0.3) is 11.3 Å². The number of rotatable bonds is 5. The van der Waals surface area contributed by atoms with E-state index < -0.39 is 0 Å². The summed E-state index contributed by atoms with van der Waals surface area (Å²) in [5, 5.41) is 13.5. The Morgan fingerprint density at radius 1 is 1.25 bits per heavy atom. The van der Waals surface area contributed by atoms with Gasteiger partial charge in [0.1, 0.15) is 5.69 Å². The predicted molar refractivity (Wildman–Crippen MR) is 79.7 cm³/mol. The normalized spacial score (nSPS) is 12.8. The zero-order chi connectivity index (χ0) is 14.7. The average Bonchev–Trinajstić information content (AvgIpc) is 2.72. The van der Waals surface area contributed by atoms with Crippen molar-refractivity contribution in [3.05, 3.63) is 40.8 Å². The van der Waals surface area contributed by atoms with Crippen molar-refractivity contribution >= 4 is 0 Å². The van der Waals surface area contributed by atoms with Crippen molar-refractivity contribution in [3.63, 3.8) is 0 Å². The summed E-state index contributed by atoms with van der Waals surface area (Å²) < 4.78 is 1.34. The molecular formula is C15H21N3O2. The summed E-state index contributed by atoms with van der Waals surface area (Å²) >= 11 is 0. The topological polar surface area (TPSA) is 70.0 Å². The summed E-state index contributed by atoms with van der Waals surface area (Å²) in [4.78, 5) is 14.7. The zero-order valence-electron chi connectivity index (χ0n) is 12.1. The molecule has 20 heavy (non-hydrogen) atoms. The number of aromatic nitrogens is 2. The molecule has 0 fully saturated rings. The average molecular weight is 275 g/mol. The van der Waals surface area contributed by atoms with Crippen molar-refractivity contribution in [3.8, 4) is 17.1 Å². The molecule has 1 aromatic carbocycles. The Kier molecular flexibility index (Phi) is 4.29. The highest BCUT2D eigenvalue weighted by Gasteiger charge is 2.18. The van der Waals surface area contributed by atoms with Gasteiger partial charge in [-0.2, -0.15) is 0 Å². The molecule has 0 spiro atoms. The van der Waals surface area contributed by atoms with Crippen molar-refractivity contribution in [1.29, 1.82) is 0 Å². The molecule has 0 bridgehead atoms. The minimum atomic E-state index is -0.315. The van der Waals surface area contributed by atoms with Crippen LogP contribution in [0.5, 0.6) is 5.88 Å². The van der Waals surface area contributed by atoms with Gasteiger partial charge in [0, 0.05) is 5.56 Å². The lowest BCUT2D eigenvalue weighted by Crippen LogP contribution is -2.32. The molecule has 0 radical (unpaired) electrons. The van der Waals surface area contributed by atoms with E-state index in [-0.39, 0.29) is 17.7 Å². The summed E-state index contributed by atoms with van der Waals surface area (Å²) in [5.41, 5.74) is 0.927. The van der Waals surface area contributed by atoms with Crippen molar-refractivity contribution in [2.75, 3.05) is 6.54 Å². The van der Waals surface area contributed by atoms with Gasteiger partial charge in [-0.3, -0.25) is 5.32 Å². The van der Waals surface area contributed by atoms with E-state index in [1.807, 2.05) is 37.3 Å². The van der Waals surface area contributed by atoms with Crippen LogP contribution in [0.2, 0.25) is 0 Å². The van der Waals surface area contributed by atoms with Crippen LogP contribution in [0, 0.1) is 5.92 Å². The second kappa shape index (κ2) is 5.96. The van der Waals surface area contributed by atoms with Crippen LogP contribution in [0.1, 0.15) is 26.9 Å². The van der Waals surface area contributed by atoms with E-state index in [1.54, 1.807) is 0 Å². The van der Waals surface area contributed by atoms with Crippen LogP contribution >= 0.6 is 0 Å². The lowest BCUT2D eigenvalue weighted by molar-refractivity contribution is 0.340. The summed E-state index contributed by atoms with van der Waals surface area (Å²) in [5.74, 6) is 0.438. The number of aromatic amines is 1. The molecule has 5 nitrogen and oxygen atoms in total. The maximum Gasteiger partial charge on any atom is 0.330 e. The molecule has 2 rings (SSSR count). The van der Waals surface area contributed by atoms with Crippen LogP contribution in [-0.4, -0.2) is 21.2 Å². The summed E-state index contributed by atoms with van der Waals surface area (Å²) in [6.45, 7) is 6.81. The van der Waals surface area contributed by atoms with Crippen molar-refractivity contribution in [2.45, 2.75) is 26.9 Å². The number of nitrogens with one attached hydrogen (secondary N) is 2. The smallest absolute Gasteiger partial charge is 0.330 e. The molecule has 3 N–H and O–H groups in total. The third-order valence-electron chi connectivity index (χ3n) is 3.17. The molecular weight excluding hydrogens is 254 g/mol. The third kappa shape index (κ3) is 2.93. The summed E-state index contributed by atoms with van der Waals surface area (Å²) in [6, 6.07) is 9.32. The molecule has 5 heteroatoms. The first-order valence-corrected chi connectivity index (χ1v) is 6.83. The lowest BCUT2D eigenvalue weighted by atomic mass is 10.2. The third-order valence-corrected chi connectivity index (χ3v) is 3.17. The maximum absolute atomic E-state index is 12.0. The molecule has 0 amide bonds. The first kappa shape index (κ1) is 14.4. The standard InChI is InChI=1S/C15H21N3O2/c1-10(2)9-16-11(3)18-14(19)13(17-15(18)20)12-7-5-4-6-8-12/h4-8,10-11,16,19H,9H2,1-3H3,(H,17,20). The Morgan fingerprint density at radius 2 is 1.90 bits per heavy atom. The largest absolute Gasteiger partial charge is 0.493 e. The number of hydrogen-bond donors (Lipinski definition) is 3. The van der Waals surface area contributed by atoms with Gasteiger partial charge in [-0.1, -0.05) is 44.2 Å². The fourth-order valence-electron chi connectivity index (χ4n) is 2.10. The monoisotopic (exact) mass is 275 g/mol. The zero-order valence-corrected chi connectivity index (χ0v) is 12.1. The highest BCUT2D eigenvalue weighted by Crippen LogP contribution is 2.26. The molecule has 1 atom stereocenters. The van der Waals surface area contributed by atoms with Crippen LogP contribution in [-0.2, 0) is 0 Å². The number of aromatic hydroxyl groups is 1. The SMILES string of the molecule is CC(C)CNC(C)n1c(O)c(-c2ccccc2)[nH]c1=O. The van der Waals surface area contributed by atoms with Crippen LogP contribution in [0.3, 0.4) is 0 Å². The molecule has 1 unspecified atom stereocenters. The van der Waals surface area contributed by atoms with Gasteiger partial charge >= 0.3 is 5.69 Å². The van der Waals surface area contributed by atoms with E-state index in [1.165, 1.54) is 4.57 Å². The van der Waals surface area contributed by atoms with Gasteiger partial charge in [0.05, 0.1) is 6.17 Å². The highest BCUT2D eigenvalue weighted by atomic mass is 16.3. The molecule has 0 aliphatic rings. The van der Waals surface area contributed by atoms with Gasteiger partial charge in [-0.25, -0.2) is 9.36 Å². The molecule has 0 aliphatic carbocycles. The number of benzene rings is 1. The fourth-order valence-corrected chi connectivity index (χ4v) is 2.10. The maximum atomic E-state index is 12.0. The van der Waals surface area contributed by atoms with Crippen LogP contribution in [0.15, 0.2) is 35.1 Å². The van der Waals surface area contributed by atoms with Crippen LogP contribution in [0.4, 0.5) is 0 Å². The van der Waals surface area contributed by atoms with Crippen molar-refractivity contribution in [2.24, 2.45) is 5.92 Å². The molecule has 2 aromatic rings. The molecule has 1 aromatic heterocycles. The van der Waals surface area contributed by atoms with E-state index in [9.17, 15) is 9.90 Å². The van der Waals surface area contributed by atoms with Gasteiger partial charge in [0.25, 0.3) is 0 Å². The number of imidazole rings is 1. The van der Waals surface area contributed by atoms with Gasteiger partial charge < -0.3 is 10.1 Å². The number of nitrogens with zero attached hydrogens (tertiary/aromatic N) is 1. The van der Waals surface area contributed by atoms with E-state index in [4.69, 9.17) is 0 Å². The second-order valence-electron chi connectivity index (χ2n) is 5.34. The highest BCUT2D eigenvalue weighted by molar-refractivity contribution is 5.64. The summed E-state index contributed by atoms with van der Waals surface area (Å²) in [6.07, 6.45) is -0.265. The Morgan fingerprint density at radius 3 is 2.50 bits per heavy atom.